The number of thiocarbonyl (C=S) groups is 1. The lowest BCUT2D eigenvalue weighted by Crippen LogP contribution is -2.51. The molecule has 1 aliphatic rings. The lowest BCUT2D eigenvalue weighted by molar-refractivity contribution is 0.174. The van der Waals surface area contributed by atoms with Gasteiger partial charge in [-0.05, 0) is 57.0 Å². The Balaban J connectivity index is 1.66. The molecule has 0 aromatic heterocycles. The van der Waals surface area contributed by atoms with E-state index in [1.807, 2.05) is 12.1 Å². The van der Waals surface area contributed by atoms with E-state index in [9.17, 15) is 4.39 Å². The molecule has 0 saturated carbocycles. The van der Waals surface area contributed by atoms with Crippen LogP contribution in [-0.2, 0) is 6.54 Å². The first-order chi connectivity index (χ1) is 11.0. The van der Waals surface area contributed by atoms with Gasteiger partial charge in [-0.1, -0.05) is 12.1 Å². The topological polar surface area (TPSA) is 21.8 Å². The second kappa shape index (κ2) is 9.15. The predicted molar refractivity (Wildman–Crippen MR) is 97.0 cm³/mol. The Morgan fingerprint density at radius 2 is 1.83 bits per heavy atom. The predicted octanol–water partition coefficient (Wildman–Crippen LogP) is 1.77. The minimum atomic E-state index is -0.177. The molecule has 2 rings (SSSR count). The van der Waals surface area contributed by atoms with E-state index in [2.05, 4.69) is 34.1 Å². The van der Waals surface area contributed by atoms with Crippen LogP contribution in [0.3, 0.4) is 0 Å². The molecule has 0 aliphatic carbocycles. The molecule has 1 aromatic carbocycles. The monoisotopic (exact) mass is 338 g/mol. The highest BCUT2D eigenvalue weighted by Gasteiger charge is 2.18. The molecule has 128 valence electrons. The standard InChI is InChI=1S/C17H27FN4S/c1-20(2)9-3-8-19-17(23)22-12-10-21(11-13-22)14-15-4-6-16(18)7-5-15/h4-7H,3,8-14H2,1-2H3,(H,19,23). The summed E-state index contributed by atoms with van der Waals surface area (Å²) in [6, 6.07) is 6.77. The van der Waals surface area contributed by atoms with Crippen LogP contribution in [0.1, 0.15) is 12.0 Å². The third-order valence-corrected chi connectivity index (χ3v) is 4.44. The van der Waals surface area contributed by atoms with Crippen molar-refractivity contribution in [2.24, 2.45) is 0 Å². The Morgan fingerprint density at radius 1 is 1.17 bits per heavy atom. The average Bonchev–Trinajstić information content (AvgIpc) is 2.54. The molecule has 1 aromatic rings. The van der Waals surface area contributed by atoms with E-state index in [4.69, 9.17) is 12.2 Å². The summed E-state index contributed by atoms with van der Waals surface area (Å²) in [4.78, 5) is 6.81. The van der Waals surface area contributed by atoms with Crippen LogP contribution in [0, 0.1) is 5.82 Å². The van der Waals surface area contributed by atoms with E-state index in [1.54, 1.807) is 0 Å². The van der Waals surface area contributed by atoms with Gasteiger partial charge in [0.2, 0.25) is 0 Å². The van der Waals surface area contributed by atoms with Crippen LogP contribution in [-0.4, -0.2) is 73.2 Å². The zero-order valence-corrected chi connectivity index (χ0v) is 14.9. The maximum absolute atomic E-state index is 12.9. The Labute approximate surface area is 144 Å². The van der Waals surface area contributed by atoms with Crippen molar-refractivity contribution in [3.8, 4) is 0 Å². The van der Waals surface area contributed by atoms with E-state index < -0.39 is 0 Å². The number of halogens is 1. The first-order valence-corrected chi connectivity index (χ1v) is 8.60. The molecule has 0 amide bonds. The van der Waals surface area contributed by atoms with Crippen molar-refractivity contribution in [1.82, 2.24) is 20.0 Å². The van der Waals surface area contributed by atoms with Crippen molar-refractivity contribution >= 4 is 17.3 Å². The summed E-state index contributed by atoms with van der Waals surface area (Å²) in [5.41, 5.74) is 1.16. The van der Waals surface area contributed by atoms with Gasteiger partial charge in [-0.25, -0.2) is 4.39 Å². The third-order valence-electron chi connectivity index (χ3n) is 4.04. The van der Waals surface area contributed by atoms with Crippen molar-refractivity contribution in [1.29, 1.82) is 0 Å². The maximum Gasteiger partial charge on any atom is 0.169 e. The number of benzene rings is 1. The number of rotatable bonds is 6. The van der Waals surface area contributed by atoms with Crippen LogP contribution in [0.15, 0.2) is 24.3 Å². The largest absolute Gasteiger partial charge is 0.363 e. The second-order valence-electron chi connectivity index (χ2n) is 6.28. The number of nitrogens with zero attached hydrogens (tertiary/aromatic N) is 3. The fraction of sp³-hybridized carbons (Fsp3) is 0.588. The average molecular weight is 338 g/mol. The molecule has 1 N–H and O–H groups in total. The Bertz CT molecular complexity index is 484. The van der Waals surface area contributed by atoms with Gasteiger partial charge < -0.3 is 15.1 Å². The van der Waals surface area contributed by atoms with Crippen molar-refractivity contribution in [2.45, 2.75) is 13.0 Å². The highest BCUT2D eigenvalue weighted by molar-refractivity contribution is 7.80. The molecule has 1 aliphatic heterocycles. The van der Waals surface area contributed by atoms with Crippen molar-refractivity contribution < 1.29 is 4.39 Å². The molecule has 0 radical (unpaired) electrons. The smallest absolute Gasteiger partial charge is 0.169 e. The van der Waals surface area contributed by atoms with Gasteiger partial charge in [0.15, 0.2) is 5.11 Å². The van der Waals surface area contributed by atoms with Gasteiger partial charge in [-0.2, -0.15) is 0 Å². The zero-order valence-electron chi connectivity index (χ0n) is 14.1. The molecule has 6 heteroatoms. The van der Waals surface area contributed by atoms with Crippen LogP contribution in [0.2, 0.25) is 0 Å². The quantitative estimate of drug-likeness (QED) is 0.629. The first kappa shape index (κ1) is 18.1. The van der Waals surface area contributed by atoms with Crippen LogP contribution < -0.4 is 5.32 Å². The molecule has 4 nitrogen and oxygen atoms in total. The number of hydrogen-bond acceptors (Lipinski definition) is 3. The highest BCUT2D eigenvalue weighted by atomic mass is 32.1. The van der Waals surface area contributed by atoms with Crippen molar-refractivity contribution in [3.63, 3.8) is 0 Å². The first-order valence-electron chi connectivity index (χ1n) is 8.19. The number of piperazine rings is 1. The minimum absolute atomic E-state index is 0.177. The maximum atomic E-state index is 12.9. The summed E-state index contributed by atoms with van der Waals surface area (Å²) in [6.07, 6.45) is 1.09. The Kier molecular flexibility index (Phi) is 7.20. The third kappa shape index (κ3) is 6.41. The van der Waals surface area contributed by atoms with E-state index in [0.717, 1.165) is 62.9 Å². The molecular formula is C17H27FN4S. The minimum Gasteiger partial charge on any atom is -0.363 e. The SMILES string of the molecule is CN(C)CCCNC(=S)N1CCN(Cc2ccc(F)cc2)CC1. The lowest BCUT2D eigenvalue weighted by Gasteiger charge is -2.36. The summed E-state index contributed by atoms with van der Waals surface area (Å²) in [6.45, 7) is 6.72. The fourth-order valence-corrected chi connectivity index (χ4v) is 2.94. The van der Waals surface area contributed by atoms with Crippen LogP contribution in [0.25, 0.3) is 0 Å². The molecule has 0 bridgehead atoms. The lowest BCUT2D eigenvalue weighted by atomic mass is 10.2. The summed E-state index contributed by atoms with van der Waals surface area (Å²) >= 11 is 5.48. The van der Waals surface area contributed by atoms with E-state index in [0.29, 0.717) is 0 Å². The molecule has 0 unspecified atom stereocenters. The molecule has 1 fully saturated rings. The van der Waals surface area contributed by atoms with Crippen molar-refractivity contribution in [3.05, 3.63) is 35.6 Å². The summed E-state index contributed by atoms with van der Waals surface area (Å²) in [5.74, 6) is -0.177. The molecule has 0 atom stereocenters. The summed E-state index contributed by atoms with van der Waals surface area (Å²) < 4.78 is 12.9. The van der Waals surface area contributed by atoms with Gasteiger partial charge in [0, 0.05) is 39.3 Å². The second-order valence-corrected chi connectivity index (χ2v) is 6.67. The number of hydrogen-bond donors (Lipinski definition) is 1. The van der Waals surface area contributed by atoms with E-state index >= 15 is 0 Å². The van der Waals surface area contributed by atoms with Gasteiger partial charge in [0.1, 0.15) is 5.82 Å². The molecule has 1 saturated heterocycles. The number of nitrogens with one attached hydrogen (secondary N) is 1. The molecule has 1 heterocycles. The Hall–Kier alpha value is -1.24. The Morgan fingerprint density at radius 3 is 2.43 bits per heavy atom. The van der Waals surface area contributed by atoms with E-state index in [-0.39, 0.29) is 5.82 Å². The van der Waals surface area contributed by atoms with Gasteiger partial charge in [0.05, 0.1) is 0 Å². The van der Waals surface area contributed by atoms with Crippen molar-refractivity contribution in [2.75, 3.05) is 53.4 Å². The molecule has 23 heavy (non-hydrogen) atoms. The zero-order chi connectivity index (χ0) is 16.7. The van der Waals surface area contributed by atoms with Gasteiger partial charge in [-0.15, -0.1) is 0 Å². The summed E-state index contributed by atoms with van der Waals surface area (Å²) in [5, 5.41) is 4.21. The van der Waals surface area contributed by atoms with Gasteiger partial charge >= 0.3 is 0 Å². The molecule has 0 spiro atoms. The van der Waals surface area contributed by atoms with Gasteiger partial charge in [-0.3, -0.25) is 4.90 Å². The van der Waals surface area contributed by atoms with Gasteiger partial charge in [0.25, 0.3) is 0 Å². The van der Waals surface area contributed by atoms with E-state index in [1.165, 1.54) is 12.1 Å². The van der Waals surface area contributed by atoms with Crippen LogP contribution in [0.4, 0.5) is 4.39 Å². The van der Waals surface area contributed by atoms with Crippen LogP contribution >= 0.6 is 12.2 Å². The summed E-state index contributed by atoms with van der Waals surface area (Å²) in [7, 11) is 4.16. The highest BCUT2D eigenvalue weighted by Crippen LogP contribution is 2.09. The molecular weight excluding hydrogens is 311 g/mol. The normalized spacial score (nSPS) is 15.9. The van der Waals surface area contributed by atoms with Crippen LogP contribution in [0.5, 0.6) is 0 Å². The fourth-order valence-electron chi connectivity index (χ4n) is 2.66.